The zero-order chi connectivity index (χ0) is 49.0. The van der Waals surface area contributed by atoms with Gasteiger partial charge in [-0.2, -0.15) is 0 Å². The van der Waals surface area contributed by atoms with Crippen molar-refractivity contribution in [1.82, 2.24) is 29.1 Å². The Morgan fingerprint density at radius 2 is 0.473 bits per heavy atom. The molecule has 4 heterocycles. The molecule has 0 amide bonds. The molecule has 74 heavy (non-hydrogen) atoms. The highest BCUT2D eigenvalue weighted by Gasteiger charge is 2.20. The maximum Gasteiger partial charge on any atom is 0.160 e. The molecule has 0 spiro atoms. The van der Waals surface area contributed by atoms with Crippen LogP contribution in [-0.2, 0) is 0 Å². The van der Waals surface area contributed by atoms with Crippen LogP contribution in [0.15, 0.2) is 267 Å². The summed E-state index contributed by atoms with van der Waals surface area (Å²) in [6.07, 6.45) is 0. The molecule has 0 aliphatic rings. The molecule has 346 valence electrons. The first-order chi connectivity index (χ1) is 36.7. The average Bonchev–Trinajstić information content (AvgIpc) is 4.01. The second kappa shape index (κ2) is 18.0. The fourth-order valence-electron chi connectivity index (χ4n) is 10.6. The standard InChI is InChI=1S/C68H44N6/c1-5-21-45(22-6-1)59-43-61(71-67(69-59)47-25-9-3-10-26-47)51-37-49(38-52(39-51)62-44-60(46-23-7-2-8-24-46)70-68(72-62)48-27-11-4-12-28-48)50-40-53(73-63-33-17-13-29-55(63)56-30-14-18-34-64(56)73)42-54(41-50)74-65-35-19-15-31-57(65)58-32-16-20-36-66(58)74/h1-44H. The highest BCUT2D eigenvalue weighted by atomic mass is 15.0. The van der Waals surface area contributed by atoms with Crippen LogP contribution >= 0.6 is 0 Å². The molecule has 0 fully saturated rings. The Bertz CT molecular complexity index is 3910. The first kappa shape index (κ1) is 42.8. The van der Waals surface area contributed by atoms with Gasteiger partial charge in [-0.1, -0.05) is 194 Å². The molecule has 0 bridgehead atoms. The third kappa shape index (κ3) is 7.61. The van der Waals surface area contributed by atoms with Gasteiger partial charge in [0.15, 0.2) is 11.6 Å². The van der Waals surface area contributed by atoms with Crippen LogP contribution in [0.2, 0.25) is 0 Å². The van der Waals surface area contributed by atoms with E-state index < -0.39 is 0 Å². The number of hydrogen-bond donors (Lipinski definition) is 0. The summed E-state index contributed by atoms with van der Waals surface area (Å²) in [7, 11) is 0. The molecule has 0 saturated carbocycles. The Hall–Kier alpha value is -10.0. The van der Waals surface area contributed by atoms with Crippen molar-refractivity contribution in [2.75, 3.05) is 0 Å². The van der Waals surface area contributed by atoms with E-state index >= 15 is 0 Å². The lowest BCUT2D eigenvalue weighted by molar-refractivity contribution is 1.13. The maximum atomic E-state index is 5.40. The lowest BCUT2D eigenvalue weighted by atomic mass is 9.95. The fraction of sp³-hybridized carbons (Fsp3) is 0. The number of hydrogen-bond acceptors (Lipinski definition) is 4. The van der Waals surface area contributed by atoms with Crippen LogP contribution in [0.3, 0.4) is 0 Å². The number of rotatable bonds is 9. The number of nitrogens with zero attached hydrogens (tertiary/aromatic N) is 6. The Balaban J connectivity index is 1.08. The average molecular weight is 945 g/mol. The summed E-state index contributed by atoms with van der Waals surface area (Å²) in [6.45, 7) is 0. The van der Waals surface area contributed by atoms with Crippen molar-refractivity contribution < 1.29 is 0 Å². The molecular formula is C68H44N6. The second-order valence-corrected chi connectivity index (χ2v) is 18.7. The minimum atomic E-state index is 0.649. The SMILES string of the molecule is c1ccc(-c2cc(-c3cc(-c4cc(-n5c6ccccc6c6ccccc65)cc(-n5c6ccccc6c6ccccc65)c4)cc(-c4cc(-c5ccccc5)nc(-c5ccccc5)n4)c3)nc(-c3ccccc3)n2)cc1. The summed E-state index contributed by atoms with van der Waals surface area (Å²) in [5.74, 6) is 1.30. The molecule has 14 rings (SSSR count). The monoisotopic (exact) mass is 944 g/mol. The van der Waals surface area contributed by atoms with E-state index in [2.05, 4.69) is 228 Å². The number of para-hydroxylation sites is 4. The first-order valence-corrected chi connectivity index (χ1v) is 25.0. The highest BCUT2D eigenvalue weighted by molar-refractivity contribution is 6.11. The summed E-state index contributed by atoms with van der Waals surface area (Å²) in [4.78, 5) is 21.2. The molecule has 0 radical (unpaired) electrons. The van der Waals surface area contributed by atoms with Gasteiger partial charge in [0, 0.05) is 66.3 Å². The summed E-state index contributed by atoms with van der Waals surface area (Å²) in [6, 6.07) is 94.2. The van der Waals surface area contributed by atoms with E-state index in [4.69, 9.17) is 19.9 Å². The van der Waals surface area contributed by atoms with Crippen LogP contribution in [-0.4, -0.2) is 29.1 Å². The van der Waals surface area contributed by atoms with Crippen LogP contribution in [0.4, 0.5) is 0 Å². The minimum Gasteiger partial charge on any atom is -0.309 e. The van der Waals surface area contributed by atoms with Gasteiger partial charge in [-0.25, -0.2) is 19.9 Å². The van der Waals surface area contributed by atoms with Crippen molar-refractivity contribution in [1.29, 1.82) is 0 Å². The van der Waals surface area contributed by atoms with E-state index in [0.717, 1.165) is 101 Å². The molecule has 14 aromatic rings. The molecule has 0 saturated heterocycles. The van der Waals surface area contributed by atoms with Gasteiger partial charge >= 0.3 is 0 Å². The normalized spacial score (nSPS) is 11.5. The van der Waals surface area contributed by atoms with Gasteiger partial charge in [0.2, 0.25) is 0 Å². The van der Waals surface area contributed by atoms with Gasteiger partial charge in [0.1, 0.15) is 0 Å². The van der Waals surface area contributed by atoms with E-state index in [-0.39, 0.29) is 0 Å². The van der Waals surface area contributed by atoms with Gasteiger partial charge in [0.05, 0.1) is 44.8 Å². The lowest BCUT2D eigenvalue weighted by Crippen LogP contribution is -2.01. The van der Waals surface area contributed by atoms with Gasteiger partial charge in [-0.3, -0.25) is 0 Å². The summed E-state index contributed by atoms with van der Waals surface area (Å²) < 4.78 is 4.84. The molecule has 0 aliphatic heterocycles. The highest BCUT2D eigenvalue weighted by Crippen LogP contribution is 2.41. The van der Waals surface area contributed by atoms with Crippen LogP contribution < -0.4 is 0 Å². The third-order valence-corrected chi connectivity index (χ3v) is 14.1. The van der Waals surface area contributed by atoms with Crippen molar-refractivity contribution >= 4 is 43.6 Å². The summed E-state index contributed by atoms with van der Waals surface area (Å²) >= 11 is 0. The van der Waals surface area contributed by atoms with Crippen LogP contribution in [0.25, 0.3) is 134 Å². The Labute approximate surface area is 427 Å². The quantitative estimate of drug-likeness (QED) is 0.145. The lowest BCUT2D eigenvalue weighted by Gasteiger charge is -2.17. The molecule has 6 heteroatoms. The van der Waals surface area contributed by atoms with Gasteiger partial charge in [-0.15, -0.1) is 0 Å². The molecule has 4 aromatic heterocycles. The molecular weight excluding hydrogens is 901 g/mol. The van der Waals surface area contributed by atoms with Crippen LogP contribution in [0, 0.1) is 0 Å². The Kier molecular flexibility index (Phi) is 10.4. The fourth-order valence-corrected chi connectivity index (χ4v) is 10.6. The molecule has 6 nitrogen and oxygen atoms in total. The topological polar surface area (TPSA) is 61.4 Å². The minimum absolute atomic E-state index is 0.649. The largest absolute Gasteiger partial charge is 0.309 e. The first-order valence-electron chi connectivity index (χ1n) is 25.0. The van der Waals surface area contributed by atoms with Crippen molar-refractivity contribution in [3.05, 3.63) is 267 Å². The van der Waals surface area contributed by atoms with E-state index in [9.17, 15) is 0 Å². The maximum absolute atomic E-state index is 5.40. The van der Waals surface area contributed by atoms with Crippen LogP contribution in [0.5, 0.6) is 0 Å². The predicted molar refractivity (Wildman–Crippen MR) is 304 cm³/mol. The molecule has 0 N–H and O–H groups in total. The second-order valence-electron chi connectivity index (χ2n) is 18.7. The van der Waals surface area contributed by atoms with Crippen molar-refractivity contribution in [2.24, 2.45) is 0 Å². The number of benzene rings is 10. The van der Waals surface area contributed by atoms with Crippen molar-refractivity contribution in [3.63, 3.8) is 0 Å². The Morgan fingerprint density at radius 1 is 0.203 bits per heavy atom. The molecule has 0 atom stereocenters. The Morgan fingerprint density at radius 3 is 0.824 bits per heavy atom. The zero-order valence-corrected chi connectivity index (χ0v) is 40.1. The molecule has 0 unspecified atom stereocenters. The number of fused-ring (bicyclic) bond motifs is 6. The van der Waals surface area contributed by atoms with Crippen molar-refractivity contribution in [3.8, 4) is 90.3 Å². The predicted octanol–water partition coefficient (Wildman–Crippen LogP) is 17.1. The van der Waals surface area contributed by atoms with Crippen molar-refractivity contribution in [2.45, 2.75) is 0 Å². The zero-order valence-electron chi connectivity index (χ0n) is 40.1. The van der Waals surface area contributed by atoms with E-state index in [1.54, 1.807) is 0 Å². The molecule has 0 aliphatic carbocycles. The van der Waals surface area contributed by atoms with Gasteiger partial charge in [0.25, 0.3) is 0 Å². The molecule has 10 aromatic carbocycles. The van der Waals surface area contributed by atoms with Gasteiger partial charge < -0.3 is 9.13 Å². The number of aromatic nitrogens is 6. The van der Waals surface area contributed by atoms with E-state index in [1.165, 1.54) is 21.5 Å². The van der Waals surface area contributed by atoms with E-state index in [1.807, 2.05) is 48.5 Å². The summed E-state index contributed by atoms with van der Waals surface area (Å²) in [5.41, 5.74) is 17.7. The van der Waals surface area contributed by atoms with Crippen LogP contribution in [0.1, 0.15) is 0 Å². The third-order valence-electron chi connectivity index (χ3n) is 14.1. The van der Waals surface area contributed by atoms with Gasteiger partial charge in [-0.05, 0) is 83.9 Å². The summed E-state index contributed by atoms with van der Waals surface area (Å²) in [5, 5.41) is 4.82. The smallest absolute Gasteiger partial charge is 0.160 e. The van der Waals surface area contributed by atoms with E-state index in [0.29, 0.717) is 11.6 Å².